The molecule has 3 heterocycles. The van der Waals surface area contributed by atoms with Gasteiger partial charge in [0.15, 0.2) is 0 Å². The number of hydrogen-bond donors (Lipinski definition) is 3. The quantitative estimate of drug-likeness (QED) is 0.608. The predicted molar refractivity (Wildman–Crippen MR) is 109 cm³/mol. The van der Waals surface area contributed by atoms with Crippen LogP contribution >= 0.6 is 0 Å². The monoisotopic (exact) mass is 412 g/mol. The van der Waals surface area contributed by atoms with Gasteiger partial charge in [0.05, 0.1) is 12.7 Å². The minimum atomic E-state index is -0.570. The topological polar surface area (TPSA) is 99.8 Å². The Bertz CT molecular complexity index is 872. The van der Waals surface area contributed by atoms with E-state index in [1.807, 2.05) is 18.2 Å². The van der Waals surface area contributed by atoms with E-state index in [9.17, 15) is 14.4 Å². The van der Waals surface area contributed by atoms with E-state index >= 15 is 0 Å². The number of amides is 3. The maximum atomic E-state index is 12.8. The molecule has 5 rings (SSSR count). The second-order valence-corrected chi connectivity index (χ2v) is 8.97. The third kappa shape index (κ3) is 3.64. The molecule has 0 radical (unpaired) electrons. The van der Waals surface area contributed by atoms with Gasteiger partial charge in [-0.25, -0.2) is 0 Å². The van der Waals surface area contributed by atoms with Crippen molar-refractivity contribution in [3.8, 4) is 0 Å². The van der Waals surface area contributed by atoms with Crippen molar-refractivity contribution in [2.45, 2.75) is 62.9 Å². The Labute approximate surface area is 175 Å². The van der Waals surface area contributed by atoms with Crippen molar-refractivity contribution in [3.05, 3.63) is 34.9 Å². The molecule has 4 aliphatic rings. The van der Waals surface area contributed by atoms with Gasteiger partial charge in [0.2, 0.25) is 11.8 Å². The third-order valence-corrected chi connectivity index (χ3v) is 6.90. The van der Waals surface area contributed by atoms with Gasteiger partial charge in [0.1, 0.15) is 6.04 Å². The minimum absolute atomic E-state index is 0.134. The molecule has 30 heavy (non-hydrogen) atoms. The Morgan fingerprint density at radius 1 is 1.23 bits per heavy atom. The number of fused-ring (bicyclic) bond motifs is 1. The van der Waals surface area contributed by atoms with E-state index in [4.69, 9.17) is 4.74 Å². The molecule has 0 bridgehead atoms. The summed E-state index contributed by atoms with van der Waals surface area (Å²) in [6.07, 6.45) is 4.56. The molecular weight excluding hydrogens is 384 g/mol. The summed E-state index contributed by atoms with van der Waals surface area (Å²) in [7, 11) is 0. The second kappa shape index (κ2) is 7.76. The van der Waals surface area contributed by atoms with Crippen LogP contribution < -0.4 is 16.0 Å². The zero-order chi connectivity index (χ0) is 20.7. The molecule has 3 fully saturated rings. The van der Waals surface area contributed by atoms with E-state index in [1.54, 1.807) is 4.90 Å². The highest BCUT2D eigenvalue weighted by molar-refractivity contribution is 6.05. The van der Waals surface area contributed by atoms with E-state index in [2.05, 4.69) is 16.0 Å². The van der Waals surface area contributed by atoms with E-state index in [0.717, 1.165) is 30.8 Å². The first-order valence-electron chi connectivity index (χ1n) is 10.9. The number of piperidine rings is 1. The van der Waals surface area contributed by atoms with Gasteiger partial charge in [0, 0.05) is 43.7 Å². The highest BCUT2D eigenvalue weighted by Crippen LogP contribution is 2.34. The number of carbonyl (C=O) groups is 3. The van der Waals surface area contributed by atoms with E-state index in [0.29, 0.717) is 25.1 Å². The zero-order valence-electron chi connectivity index (χ0n) is 17.0. The average Bonchev–Trinajstić information content (AvgIpc) is 3.03. The lowest BCUT2D eigenvalue weighted by Gasteiger charge is -2.47. The second-order valence-electron chi connectivity index (χ2n) is 8.97. The molecule has 2 unspecified atom stereocenters. The van der Waals surface area contributed by atoms with E-state index < -0.39 is 6.04 Å². The maximum Gasteiger partial charge on any atom is 0.255 e. The summed E-state index contributed by atoms with van der Waals surface area (Å²) >= 11 is 0. The highest BCUT2D eigenvalue weighted by Gasteiger charge is 2.41. The molecule has 1 saturated carbocycles. The van der Waals surface area contributed by atoms with Crippen molar-refractivity contribution in [2.75, 3.05) is 19.7 Å². The molecule has 3 aliphatic heterocycles. The van der Waals surface area contributed by atoms with Crippen LogP contribution in [0.1, 0.15) is 53.6 Å². The molecule has 0 aromatic heterocycles. The van der Waals surface area contributed by atoms with Gasteiger partial charge in [-0.2, -0.15) is 0 Å². The predicted octanol–water partition coefficient (Wildman–Crippen LogP) is 0.448. The van der Waals surface area contributed by atoms with Gasteiger partial charge in [-0.15, -0.1) is 0 Å². The van der Waals surface area contributed by atoms with Crippen molar-refractivity contribution < 1.29 is 19.1 Å². The number of hydrogen-bond acceptors (Lipinski definition) is 6. The SMILES string of the molecule is O=C1CCC(N2Cc3cc(CNCC4CNC5(CCC5)CO4)ccc3C2=O)C(=O)N1. The van der Waals surface area contributed by atoms with Crippen molar-refractivity contribution in [3.63, 3.8) is 0 Å². The molecule has 1 aromatic carbocycles. The molecule has 1 aromatic rings. The van der Waals surface area contributed by atoms with Gasteiger partial charge < -0.3 is 20.3 Å². The first-order valence-corrected chi connectivity index (χ1v) is 10.9. The molecule has 160 valence electrons. The molecule has 3 N–H and O–H groups in total. The maximum absolute atomic E-state index is 12.8. The Morgan fingerprint density at radius 2 is 2.10 bits per heavy atom. The molecule has 2 saturated heterocycles. The van der Waals surface area contributed by atoms with Crippen LogP contribution in [0.15, 0.2) is 18.2 Å². The fourth-order valence-corrected chi connectivity index (χ4v) is 4.89. The van der Waals surface area contributed by atoms with Crippen LogP contribution in [-0.2, 0) is 27.4 Å². The lowest BCUT2D eigenvalue weighted by Crippen LogP contribution is -2.62. The molecule has 3 amide bonds. The Kier molecular flexibility index (Phi) is 5.08. The van der Waals surface area contributed by atoms with Gasteiger partial charge >= 0.3 is 0 Å². The number of imide groups is 1. The summed E-state index contributed by atoms with van der Waals surface area (Å²) in [5, 5.41) is 9.45. The summed E-state index contributed by atoms with van der Waals surface area (Å²) < 4.78 is 6.02. The van der Waals surface area contributed by atoms with Gasteiger partial charge in [-0.1, -0.05) is 12.1 Å². The number of ether oxygens (including phenoxy) is 1. The molecule has 8 heteroatoms. The number of nitrogens with one attached hydrogen (secondary N) is 3. The largest absolute Gasteiger partial charge is 0.374 e. The van der Waals surface area contributed by atoms with Gasteiger partial charge in [-0.05, 0) is 42.9 Å². The lowest BCUT2D eigenvalue weighted by atomic mass is 9.76. The number of benzene rings is 1. The smallest absolute Gasteiger partial charge is 0.255 e. The van der Waals surface area contributed by atoms with Crippen LogP contribution in [-0.4, -0.2) is 60.0 Å². The first-order chi connectivity index (χ1) is 14.5. The molecule has 1 aliphatic carbocycles. The van der Waals surface area contributed by atoms with Crippen LogP contribution in [0.3, 0.4) is 0 Å². The highest BCUT2D eigenvalue weighted by atomic mass is 16.5. The molecular formula is C22H28N4O4. The fraction of sp³-hybridized carbons (Fsp3) is 0.591. The Hall–Kier alpha value is -2.29. The average molecular weight is 412 g/mol. The summed E-state index contributed by atoms with van der Waals surface area (Å²) in [4.78, 5) is 37.9. The number of morpholine rings is 1. The Morgan fingerprint density at radius 3 is 2.80 bits per heavy atom. The van der Waals surface area contributed by atoms with Gasteiger partial charge in [-0.3, -0.25) is 19.7 Å². The zero-order valence-corrected chi connectivity index (χ0v) is 17.0. The summed E-state index contributed by atoms with van der Waals surface area (Å²) in [6, 6.07) is 5.27. The van der Waals surface area contributed by atoms with Crippen LogP contribution in [0.2, 0.25) is 0 Å². The van der Waals surface area contributed by atoms with Crippen LogP contribution in [0, 0.1) is 0 Å². The number of nitrogens with zero attached hydrogens (tertiary/aromatic N) is 1. The third-order valence-electron chi connectivity index (χ3n) is 6.90. The number of rotatable bonds is 5. The molecule has 8 nitrogen and oxygen atoms in total. The standard InChI is InChI=1S/C22H28N4O4/c27-19-5-4-18(20(28)25-19)26-12-15-8-14(2-3-17(15)21(26)29)9-23-10-16-11-24-22(13-30-16)6-1-7-22/h2-3,8,16,18,23-24H,1,4-7,9-13H2,(H,25,27,28). The first kappa shape index (κ1) is 19.7. The van der Waals surface area contributed by atoms with Crippen molar-refractivity contribution in [2.24, 2.45) is 0 Å². The molecule has 2 atom stereocenters. The lowest BCUT2D eigenvalue weighted by molar-refractivity contribution is -0.136. The van der Waals surface area contributed by atoms with Crippen molar-refractivity contribution in [1.29, 1.82) is 0 Å². The summed E-state index contributed by atoms with van der Waals surface area (Å²) in [5.41, 5.74) is 2.93. The van der Waals surface area contributed by atoms with Crippen molar-refractivity contribution in [1.82, 2.24) is 20.9 Å². The minimum Gasteiger partial charge on any atom is -0.374 e. The fourth-order valence-electron chi connectivity index (χ4n) is 4.89. The van der Waals surface area contributed by atoms with Gasteiger partial charge in [0.25, 0.3) is 5.91 Å². The normalized spacial score (nSPS) is 27.7. The van der Waals surface area contributed by atoms with E-state index in [-0.39, 0.29) is 35.8 Å². The molecule has 1 spiro atoms. The summed E-state index contributed by atoms with van der Waals surface area (Å²) in [5.74, 6) is -0.779. The number of carbonyl (C=O) groups excluding carboxylic acids is 3. The van der Waals surface area contributed by atoms with E-state index in [1.165, 1.54) is 19.3 Å². The Balaban J connectivity index is 1.15. The van der Waals surface area contributed by atoms with Crippen molar-refractivity contribution >= 4 is 17.7 Å². The summed E-state index contributed by atoms with van der Waals surface area (Å²) in [6.45, 7) is 3.57. The van der Waals surface area contributed by atoms with Crippen LogP contribution in [0.25, 0.3) is 0 Å². The van der Waals surface area contributed by atoms with Crippen LogP contribution in [0.5, 0.6) is 0 Å². The van der Waals surface area contributed by atoms with Crippen LogP contribution in [0.4, 0.5) is 0 Å².